The second kappa shape index (κ2) is 9.63. The van der Waals surface area contributed by atoms with Gasteiger partial charge < -0.3 is 14.2 Å². The van der Waals surface area contributed by atoms with Crippen molar-refractivity contribution in [2.45, 2.75) is 32.9 Å². The van der Waals surface area contributed by atoms with Gasteiger partial charge in [0.25, 0.3) is 0 Å². The Morgan fingerprint density at radius 1 is 0.892 bits per heavy atom. The molecule has 0 aliphatic carbocycles. The molecular formula is C28H36N8O. The summed E-state index contributed by atoms with van der Waals surface area (Å²) in [5.41, 5.74) is 3.88. The van der Waals surface area contributed by atoms with Crippen molar-refractivity contribution in [3.63, 3.8) is 0 Å². The number of piperazine rings is 1. The summed E-state index contributed by atoms with van der Waals surface area (Å²) >= 11 is 0. The van der Waals surface area contributed by atoms with Gasteiger partial charge in [-0.25, -0.2) is 15.0 Å². The highest BCUT2D eigenvalue weighted by atomic mass is 16.5. The first kappa shape index (κ1) is 24.2. The van der Waals surface area contributed by atoms with Gasteiger partial charge in [0, 0.05) is 69.0 Å². The van der Waals surface area contributed by atoms with Gasteiger partial charge in [-0.05, 0) is 32.9 Å². The van der Waals surface area contributed by atoms with Crippen LogP contribution in [-0.4, -0.2) is 92.3 Å². The summed E-state index contributed by atoms with van der Waals surface area (Å²) in [6.07, 6.45) is 1.84. The molecule has 9 heteroatoms. The quantitative estimate of drug-likeness (QED) is 0.423. The molecule has 0 unspecified atom stereocenters. The van der Waals surface area contributed by atoms with E-state index >= 15 is 0 Å². The molecule has 2 aliphatic heterocycles. The number of fused-ring (bicyclic) bond motifs is 2. The number of aryl methyl sites for hydroxylation is 1. The van der Waals surface area contributed by atoms with Crippen LogP contribution in [0.25, 0.3) is 33.5 Å². The molecule has 0 spiro atoms. The SMILES string of the molecule is Cn1c(CN2CCN(C(C)(C)C)CC2)nc2c(N3CCOCC3)nc(-c3ccnc4ccccc34)nc21. The molecule has 4 aromatic rings. The van der Waals surface area contributed by atoms with Crippen LogP contribution in [0.15, 0.2) is 36.5 Å². The largest absolute Gasteiger partial charge is 0.378 e. The Bertz CT molecular complexity index is 1410. The third kappa shape index (κ3) is 4.67. The molecular weight excluding hydrogens is 464 g/mol. The summed E-state index contributed by atoms with van der Waals surface area (Å²) in [6, 6.07) is 10.2. The molecule has 0 N–H and O–H groups in total. The topological polar surface area (TPSA) is 75.4 Å². The van der Waals surface area contributed by atoms with E-state index in [-0.39, 0.29) is 5.54 Å². The van der Waals surface area contributed by atoms with Crippen molar-refractivity contribution in [2.24, 2.45) is 7.05 Å². The Kier molecular flexibility index (Phi) is 6.30. The zero-order chi connectivity index (χ0) is 25.6. The fraction of sp³-hybridized carbons (Fsp3) is 0.500. The number of hydrogen-bond donors (Lipinski definition) is 0. The maximum Gasteiger partial charge on any atom is 0.166 e. The first-order chi connectivity index (χ1) is 17.9. The van der Waals surface area contributed by atoms with Crippen molar-refractivity contribution in [1.29, 1.82) is 0 Å². The van der Waals surface area contributed by atoms with Gasteiger partial charge in [-0.2, -0.15) is 0 Å². The molecule has 0 atom stereocenters. The molecule has 3 aromatic heterocycles. The lowest BCUT2D eigenvalue weighted by Gasteiger charge is -2.42. The predicted molar refractivity (Wildman–Crippen MR) is 147 cm³/mol. The summed E-state index contributed by atoms with van der Waals surface area (Å²) in [7, 11) is 2.08. The number of imidazole rings is 1. The van der Waals surface area contributed by atoms with Crippen LogP contribution in [0, 0.1) is 0 Å². The molecule has 5 heterocycles. The molecule has 0 bridgehead atoms. The van der Waals surface area contributed by atoms with Crippen molar-refractivity contribution in [1.82, 2.24) is 34.3 Å². The van der Waals surface area contributed by atoms with E-state index in [0.717, 1.165) is 85.1 Å². The number of para-hydroxylation sites is 1. The number of rotatable bonds is 4. The standard InChI is InChI=1S/C28H36N8O/c1-28(2,3)36-13-11-34(12-14-36)19-23-30-24-26(33(23)4)31-25(32-27(24)35-15-17-37-18-16-35)21-9-10-29-22-8-6-5-7-20(21)22/h5-10H,11-19H2,1-4H3. The number of ether oxygens (including phenoxy) is 1. The molecule has 0 radical (unpaired) electrons. The lowest BCUT2D eigenvalue weighted by molar-refractivity contribution is 0.0577. The maximum absolute atomic E-state index is 5.64. The Morgan fingerprint density at radius 3 is 2.41 bits per heavy atom. The summed E-state index contributed by atoms with van der Waals surface area (Å²) < 4.78 is 7.79. The van der Waals surface area contributed by atoms with Gasteiger partial charge in [-0.1, -0.05) is 18.2 Å². The van der Waals surface area contributed by atoms with E-state index in [4.69, 9.17) is 19.7 Å². The second-order valence-corrected chi connectivity index (χ2v) is 11.0. The first-order valence-electron chi connectivity index (χ1n) is 13.3. The van der Waals surface area contributed by atoms with Gasteiger partial charge in [0.2, 0.25) is 0 Å². The highest BCUT2D eigenvalue weighted by molar-refractivity contribution is 5.94. The molecule has 1 aromatic carbocycles. The van der Waals surface area contributed by atoms with Crippen LogP contribution in [0.3, 0.4) is 0 Å². The zero-order valence-corrected chi connectivity index (χ0v) is 22.3. The van der Waals surface area contributed by atoms with Gasteiger partial charge in [-0.15, -0.1) is 0 Å². The fourth-order valence-corrected chi connectivity index (χ4v) is 5.42. The Labute approximate surface area is 218 Å². The van der Waals surface area contributed by atoms with Crippen molar-refractivity contribution in [2.75, 3.05) is 57.4 Å². The number of benzene rings is 1. The van der Waals surface area contributed by atoms with Crippen molar-refractivity contribution < 1.29 is 4.74 Å². The van der Waals surface area contributed by atoms with E-state index < -0.39 is 0 Å². The zero-order valence-electron chi connectivity index (χ0n) is 22.3. The normalized spacial score (nSPS) is 18.2. The first-order valence-corrected chi connectivity index (χ1v) is 13.3. The van der Waals surface area contributed by atoms with E-state index in [0.29, 0.717) is 19.0 Å². The number of morpholine rings is 1. The number of hydrogen-bond acceptors (Lipinski definition) is 8. The molecule has 9 nitrogen and oxygen atoms in total. The number of pyridine rings is 1. The van der Waals surface area contributed by atoms with Crippen LogP contribution in [0.2, 0.25) is 0 Å². The van der Waals surface area contributed by atoms with Crippen LogP contribution in [0.5, 0.6) is 0 Å². The van der Waals surface area contributed by atoms with E-state index in [1.165, 1.54) is 0 Å². The van der Waals surface area contributed by atoms with Gasteiger partial charge in [0.05, 0.1) is 25.3 Å². The van der Waals surface area contributed by atoms with Gasteiger partial charge in [0.1, 0.15) is 5.82 Å². The Hall–Kier alpha value is -3.14. The highest BCUT2D eigenvalue weighted by Crippen LogP contribution is 2.31. The van der Waals surface area contributed by atoms with Crippen molar-refractivity contribution >= 4 is 27.9 Å². The summed E-state index contributed by atoms with van der Waals surface area (Å²) in [4.78, 5) is 27.2. The van der Waals surface area contributed by atoms with Gasteiger partial charge >= 0.3 is 0 Å². The van der Waals surface area contributed by atoms with E-state index in [1.54, 1.807) is 0 Å². The molecule has 6 rings (SSSR count). The van der Waals surface area contributed by atoms with Crippen LogP contribution < -0.4 is 4.90 Å². The molecule has 0 saturated carbocycles. The summed E-state index contributed by atoms with van der Waals surface area (Å²) in [6.45, 7) is 14.9. The fourth-order valence-electron chi connectivity index (χ4n) is 5.42. The van der Waals surface area contributed by atoms with Gasteiger partial charge in [0.15, 0.2) is 22.8 Å². The third-order valence-corrected chi connectivity index (χ3v) is 7.68. The van der Waals surface area contributed by atoms with Crippen molar-refractivity contribution in [3.8, 4) is 11.4 Å². The van der Waals surface area contributed by atoms with E-state index in [9.17, 15) is 0 Å². The minimum atomic E-state index is 0.209. The average Bonchev–Trinajstić information content (AvgIpc) is 3.23. The minimum absolute atomic E-state index is 0.209. The highest BCUT2D eigenvalue weighted by Gasteiger charge is 2.28. The lowest BCUT2D eigenvalue weighted by atomic mass is 10.1. The minimum Gasteiger partial charge on any atom is -0.378 e. The van der Waals surface area contributed by atoms with E-state index in [1.807, 2.05) is 30.5 Å². The molecule has 37 heavy (non-hydrogen) atoms. The third-order valence-electron chi connectivity index (χ3n) is 7.68. The number of aromatic nitrogens is 5. The van der Waals surface area contributed by atoms with Crippen LogP contribution in [0.4, 0.5) is 5.82 Å². The van der Waals surface area contributed by atoms with Crippen LogP contribution in [-0.2, 0) is 18.3 Å². The second-order valence-electron chi connectivity index (χ2n) is 11.0. The molecule has 0 amide bonds. The maximum atomic E-state index is 5.64. The molecule has 2 fully saturated rings. The lowest BCUT2D eigenvalue weighted by Crippen LogP contribution is -2.53. The molecule has 2 saturated heterocycles. The Morgan fingerprint density at radius 2 is 1.65 bits per heavy atom. The number of nitrogens with zero attached hydrogens (tertiary/aromatic N) is 8. The summed E-state index contributed by atoms with van der Waals surface area (Å²) in [5.74, 6) is 2.63. The van der Waals surface area contributed by atoms with Gasteiger partial charge in [-0.3, -0.25) is 14.8 Å². The van der Waals surface area contributed by atoms with Crippen LogP contribution in [0.1, 0.15) is 26.6 Å². The predicted octanol–water partition coefficient (Wildman–Crippen LogP) is 3.33. The van der Waals surface area contributed by atoms with E-state index in [2.05, 4.69) is 58.1 Å². The summed E-state index contributed by atoms with van der Waals surface area (Å²) in [5, 5.41) is 1.05. The Balaban J connectivity index is 1.40. The molecule has 2 aliphatic rings. The van der Waals surface area contributed by atoms with Crippen molar-refractivity contribution in [3.05, 3.63) is 42.4 Å². The number of anilines is 1. The van der Waals surface area contributed by atoms with Crippen LogP contribution >= 0.6 is 0 Å². The monoisotopic (exact) mass is 500 g/mol. The average molecular weight is 501 g/mol. The molecule has 194 valence electrons. The smallest absolute Gasteiger partial charge is 0.166 e.